The van der Waals surface area contributed by atoms with E-state index in [0.29, 0.717) is 0 Å². The Labute approximate surface area is 99.4 Å². The normalized spacial score (nSPS) is 43.7. The zero-order chi connectivity index (χ0) is 11.0. The van der Waals surface area contributed by atoms with Crippen molar-refractivity contribution in [2.45, 2.75) is 51.0 Å². The Morgan fingerprint density at radius 3 is 2.31 bits per heavy atom. The first-order valence-corrected chi connectivity index (χ1v) is 7.35. The molecule has 3 rings (SSSR count). The molecule has 0 saturated heterocycles. The fraction of sp³-hybridized carbons (Fsp3) is 1.00. The third-order valence-corrected chi connectivity index (χ3v) is 5.25. The topological polar surface area (TPSA) is 38.0 Å². The highest BCUT2D eigenvalue weighted by atomic mass is 15.0. The highest BCUT2D eigenvalue weighted by molar-refractivity contribution is 5.16. The van der Waals surface area contributed by atoms with Crippen molar-refractivity contribution in [3.05, 3.63) is 0 Å². The molecule has 3 aliphatic rings. The summed E-state index contributed by atoms with van der Waals surface area (Å²) in [5.74, 6) is 4.43. The minimum Gasteiger partial charge on any atom is -0.330 e. The van der Waals surface area contributed by atoms with Crippen molar-refractivity contribution >= 4 is 0 Å². The Balaban J connectivity index is 1.28. The molecule has 0 spiro atoms. The van der Waals surface area contributed by atoms with Crippen LogP contribution in [0.1, 0.15) is 44.9 Å². The fourth-order valence-electron chi connectivity index (χ4n) is 4.49. The second-order valence-electron chi connectivity index (χ2n) is 6.17. The number of unbranched alkanes of at least 4 members (excludes halogenated alkanes) is 3. The monoisotopic (exact) mass is 222 g/mol. The van der Waals surface area contributed by atoms with Gasteiger partial charge in [0.15, 0.2) is 0 Å². The number of rotatable bonds is 7. The maximum atomic E-state index is 5.49. The molecule has 0 aromatic rings. The lowest BCUT2D eigenvalue weighted by Crippen LogP contribution is -2.24. The minimum absolute atomic E-state index is 0.865. The lowest BCUT2D eigenvalue weighted by Gasteiger charge is -2.10. The molecular formula is C14H26N2. The molecule has 3 saturated carbocycles. The zero-order valence-corrected chi connectivity index (χ0v) is 10.3. The van der Waals surface area contributed by atoms with E-state index in [-0.39, 0.29) is 0 Å². The molecule has 3 fully saturated rings. The maximum absolute atomic E-state index is 5.49. The molecule has 4 unspecified atom stereocenters. The molecule has 2 bridgehead atoms. The molecule has 16 heavy (non-hydrogen) atoms. The van der Waals surface area contributed by atoms with E-state index in [1.54, 1.807) is 19.3 Å². The van der Waals surface area contributed by atoms with Crippen molar-refractivity contribution < 1.29 is 0 Å². The van der Waals surface area contributed by atoms with Crippen LogP contribution in [0.3, 0.4) is 0 Å². The molecule has 2 heteroatoms. The predicted molar refractivity (Wildman–Crippen MR) is 67.1 cm³/mol. The Kier molecular flexibility index (Phi) is 3.21. The van der Waals surface area contributed by atoms with Crippen LogP contribution in [0.15, 0.2) is 0 Å². The summed E-state index contributed by atoms with van der Waals surface area (Å²) in [7, 11) is 0. The van der Waals surface area contributed by atoms with Crippen molar-refractivity contribution in [2.24, 2.45) is 29.4 Å². The highest BCUT2D eigenvalue weighted by Crippen LogP contribution is 2.65. The predicted octanol–water partition coefficient (Wildman–Crippen LogP) is 2.14. The lowest BCUT2D eigenvalue weighted by atomic mass is 10.0. The number of nitrogens with two attached hydrogens (primary N) is 1. The Bertz CT molecular complexity index is 225. The van der Waals surface area contributed by atoms with Crippen LogP contribution in [0.5, 0.6) is 0 Å². The average Bonchev–Trinajstić information content (AvgIpc) is 2.71. The first kappa shape index (κ1) is 11.0. The maximum Gasteiger partial charge on any atom is 0.0135 e. The molecule has 0 aliphatic heterocycles. The van der Waals surface area contributed by atoms with Gasteiger partial charge < -0.3 is 11.1 Å². The number of hydrogen-bond donors (Lipinski definition) is 2. The largest absolute Gasteiger partial charge is 0.330 e. The molecule has 2 nitrogen and oxygen atoms in total. The van der Waals surface area contributed by atoms with E-state index in [0.717, 1.165) is 36.3 Å². The SMILES string of the molecule is NCCCCCCNC1C2C3CCC(C3)C12. The van der Waals surface area contributed by atoms with Crippen LogP contribution in [0.25, 0.3) is 0 Å². The molecule has 3 N–H and O–H groups in total. The first-order chi connectivity index (χ1) is 7.92. The summed E-state index contributed by atoms with van der Waals surface area (Å²) in [5.41, 5.74) is 5.49. The second-order valence-corrected chi connectivity index (χ2v) is 6.17. The zero-order valence-electron chi connectivity index (χ0n) is 10.3. The van der Waals surface area contributed by atoms with Crippen LogP contribution in [-0.4, -0.2) is 19.1 Å². The van der Waals surface area contributed by atoms with Gasteiger partial charge in [0.2, 0.25) is 0 Å². The van der Waals surface area contributed by atoms with Gasteiger partial charge in [-0.3, -0.25) is 0 Å². The van der Waals surface area contributed by atoms with Gasteiger partial charge in [-0.25, -0.2) is 0 Å². The summed E-state index contributed by atoms with van der Waals surface area (Å²) in [6.45, 7) is 2.12. The van der Waals surface area contributed by atoms with Gasteiger partial charge in [-0.2, -0.15) is 0 Å². The average molecular weight is 222 g/mol. The lowest BCUT2D eigenvalue weighted by molar-refractivity contribution is 0.455. The van der Waals surface area contributed by atoms with Crippen molar-refractivity contribution in [3.8, 4) is 0 Å². The smallest absolute Gasteiger partial charge is 0.0135 e. The van der Waals surface area contributed by atoms with E-state index in [4.69, 9.17) is 5.73 Å². The van der Waals surface area contributed by atoms with E-state index in [2.05, 4.69) is 5.32 Å². The van der Waals surface area contributed by atoms with Gasteiger partial charge in [0.05, 0.1) is 0 Å². The van der Waals surface area contributed by atoms with Crippen LogP contribution >= 0.6 is 0 Å². The fourth-order valence-corrected chi connectivity index (χ4v) is 4.49. The van der Waals surface area contributed by atoms with Crippen molar-refractivity contribution in [1.82, 2.24) is 5.32 Å². The molecular weight excluding hydrogens is 196 g/mol. The Hall–Kier alpha value is -0.0800. The van der Waals surface area contributed by atoms with Gasteiger partial charge in [-0.1, -0.05) is 12.8 Å². The molecule has 0 amide bonds. The van der Waals surface area contributed by atoms with Gasteiger partial charge in [0, 0.05) is 6.04 Å². The van der Waals surface area contributed by atoms with E-state index in [1.807, 2.05) is 0 Å². The van der Waals surface area contributed by atoms with Gasteiger partial charge in [0.1, 0.15) is 0 Å². The molecule has 0 aromatic heterocycles. The quantitative estimate of drug-likeness (QED) is 0.648. The number of hydrogen-bond acceptors (Lipinski definition) is 2. The molecule has 0 aromatic carbocycles. The van der Waals surface area contributed by atoms with E-state index >= 15 is 0 Å². The summed E-state index contributed by atoms with van der Waals surface area (Å²) in [6, 6.07) is 0.931. The summed E-state index contributed by atoms with van der Waals surface area (Å²) in [5, 5.41) is 3.81. The van der Waals surface area contributed by atoms with Gasteiger partial charge >= 0.3 is 0 Å². The highest BCUT2D eigenvalue weighted by Gasteiger charge is 2.64. The Morgan fingerprint density at radius 1 is 0.938 bits per heavy atom. The van der Waals surface area contributed by atoms with Gasteiger partial charge in [-0.05, 0) is 68.9 Å². The van der Waals surface area contributed by atoms with E-state index < -0.39 is 0 Å². The van der Waals surface area contributed by atoms with Gasteiger partial charge in [0.25, 0.3) is 0 Å². The molecule has 3 aliphatic carbocycles. The second kappa shape index (κ2) is 4.66. The van der Waals surface area contributed by atoms with Crippen LogP contribution in [0.4, 0.5) is 0 Å². The molecule has 92 valence electrons. The summed E-state index contributed by atoms with van der Waals surface area (Å²) in [6.07, 6.45) is 9.90. The third kappa shape index (κ3) is 1.91. The summed E-state index contributed by atoms with van der Waals surface area (Å²) >= 11 is 0. The van der Waals surface area contributed by atoms with E-state index in [9.17, 15) is 0 Å². The summed E-state index contributed by atoms with van der Waals surface area (Å²) in [4.78, 5) is 0. The van der Waals surface area contributed by atoms with Crippen molar-refractivity contribution in [2.75, 3.05) is 13.1 Å². The van der Waals surface area contributed by atoms with Crippen LogP contribution in [-0.2, 0) is 0 Å². The van der Waals surface area contributed by atoms with Crippen LogP contribution in [0.2, 0.25) is 0 Å². The van der Waals surface area contributed by atoms with Crippen molar-refractivity contribution in [1.29, 1.82) is 0 Å². The van der Waals surface area contributed by atoms with Crippen LogP contribution in [0, 0.1) is 23.7 Å². The van der Waals surface area contributed by atoms with Gasteiger partial charge in [-0.15, -0.1) is 0 Å². The summed E-state index contributed by atoms with van der Waals surface area (Å²) < 4.78 is 0. The van der Waals surface area contributed by atoms with Crippen LogP contribution < -0.4 is 11.1 Å². The minimum atomic E-state index is 0.865. The molecule has 0 heterocycles. The molecule has 0 radical (unpaired) electrons. The molecule has 4 atom stereocenters. The number of fused-ring (bicyclic) bond motifs is 5. The number of nitrogens with one attached hydrogen (secondary N) is 1. The standard InChI is InChI=1S/C14H26N2/c15-7-3-1-2-4-8-16-14-12-10-5-6-11(9-10)13(12)14/h10-14,16H,1-9,15H2. The Morgan fingerprint density at radius 2 is 1.62 bits per heavy atom. The van der Waals surface area contributed by atoms with Crippen molar-refractivity contribution in [3.63, 3.8) is 0 Å². The third-order valence-electron chi connectivity index (χ3n) is 5.25. The van der Waals surface area contributed by atoms with E-state index in [1.165, 1.54) is 32.2 Å². The first-order valence-electron chi connectivity index (χ1n) is 7.35.